The van der Waals surface area contributed by atoms with Gasteiger partial charge < -0.3 is 4.90 Å². The molecule has 2 aromatic rings. The summed E-state index contributed by atoms with van der Waals surface area (Å²) in [5.74, 6) is -0.0245. The Morgan fingerprint density at radius 3 is 2.68 bits per heavy atom. The molecule has 0 aromatic heterocycles. The summed E-state index contributed by atoms with van der Waals surface area (Å²) < 4.78 is 28.2. The number of hydrogen-bond donors (Lipinski definition) is 1. The van der Waals surface area contributed by atoms with E-state index in [0.29, 0.717) is 12.2 Å². The van der Waals surface area contributed by atoms with Crippen molar-refractivity contribution in [2.75, 3.05) is 22.4 Å². The van der Waals surface area contributed by atoms with Crippen LogP contribution in [0.1, 0.15) is 18.9 Å². The number of carbonyl (C=O) groups is 1. The highest BCUT2D eigenvalue weighted by molar-refractivity contribution is 7.99. The highest BCUT2D eigenvalue weighted by Crippen LogP contribution is 2.31. The Morgan fingerprint density at radius 1 is 1.20 bits per heavy atom. The Morgan fingerprint density at radius 2 is 1.96 bits per heavy atom. The summed E-state index contributed by atoms with van der Waals surface area (Å²) >= 11 is 1.49. The largest absolute Gasteiger partial charge is 0.312 e. The molecule has 3 rings (SSSR count). The van der Waals surface area contributed by atoms with E-state index in [1.807, 2.05) is 18.4 Å². The summed E-state index contributed by atoms with van der Waals surface area (Å²) in [6, 6.07) is 12.3. The number of rotatable bonds is 4. The van der Waals surface area contributed by atoms with E-state index < -0.39 is 10.0 Å². The van der Waals surface area contributed by atoms with Gasteiger partial charge in [-0.1, -0.05) is 12.1 Å². The molecule has 1 aliphatic heterocycles. The molecule has 0 unspecified atom stereocenters. The molecule has 0 atom stereocenters. The summed E-state index contributed by atoms with van der Waals surface area (Å²) in [5, 5.41) is 0. The summed E-state index contributed by atoms with van der Waals surface area (Å²) in [7, 11) is -3.68. The van der Waals surface area contributed by atoms with Crippen molar-refractivity contribution < 1.29 is 13.2 Å². The van der Waals surface area contributed by atoms with Crippen LogP contribution < -0.4 is 9.62 Å². The fourth-order valence-electron chi connectivity index (χ4n) is 3.00. The van der Waals surface area contributed by atoms with Gasteiger partial charge in [-0.3, -0.25) is 9.52 Å². The maximum Gasteiger partial charge on any atom is 0.261 e. The number of sulfonamides is 1. The predicted molar refractivity (Wildman–Crippen MR) is 102 cm³/mol. The first kappa shape index (κ1) is 17.8. The molecule has 1 heterocycles. The van der Waals surface area contributed by atoms with Gasteiger partial charge in [0.1, 0.15) is 0 Å². The average molecular weight is 377 g/mol. The Bertz CT molecular complexity index is 910. The van der Waals surface area contributed by atoms with Gasteiger partial charge in [-0.25, -0.2) is 8.42 Å². The van der Waals surface area contributed by atoms with Gasteiger partial charge in [0.25, 0.3) is 10.0 Å². The number of anilines is 2. The van der Waals surface area contributed by atoms with Crippen LogP contribution in [0.2, 0.25) is 0 Å². The number of aryl methyl sites for hydroxylation is 1. The number of carbonyl (C=O) groups excluding carboxylic acids is 1. The lowest BCUT2D eigenvalue weighted by Gasteiger charge is -2.28. The van der Waals surface area contributed by atoms with E-state index in [1.54, 1.807) is 35.2 Å². The summed E-state index contributed by atoms with van der Waals surface area (Å²) in [5.41, 5.74) is 2.27. The maximum absolute atomic E-state index is 12.8. The standard InChI is InChI=1S/C18H20N2O3S2/c1-13(21)20-11-5-6-14-12-15(9-10-17(14)20)25(22,23)19-16-7-3-4-8-18(16)24-2/h3-4,7-10,12,19H,5-6,11H2,1-2H3. The van der Waals surface area contributed by atoms with E-state index in [0.717, 1.165) is 29.0 Å². The normalized spacial score (nSPS) is 14.1. The van der Waals surface area contributed by atoms with Crippen molar-refractivity contribution in [1.29, 1.82) is 0 Å². The maximum atomic E-state index is 12.8. The molecule has 132 valence electrons. The Hall–Kier alpha value is -1.99. The minimum Gasteiger partial charge on any atom is -0.312 e. The molecule has 0 spiro atoms. The zero-order chi connectivity index (χ0) is 18.0. The molecular formula is C18H20N2O3S2. The fourth-order valence-corrected chi connectivity index (χ4v) is 4.75. The van der Waals surface area contributed by atoms with Gasteiger partial charge in [0.2, 0.25) is 5.91 Å². The molecule has 0 aliphatic carbocycles. The number of fused-ring (bicyclic) bond motifs is 1. The Balaban J connectivity index is 1.95. The fraction of sp³-hybridized carbons (Fsp3) is 0.278. The van der Waals surface area contributed by atoms with Crippen LogP contribution in [0.4, 0.5) is 11.4 Å². The van der Waals surface area contributed by atoms with Crippen LogP contribution in [0.15, 0.2) is 52.3 Å². The van der Waals surface area contributed by atoms with Gasteiger partial charge in [-0.05, 0) is 55.0 Å². The third kappa shape index (κ3) is 3.67. The molecule has 5 nitrogen and oxygen atoms in total. The van der Waals surface area contributed by atoms with Crippen LogP contribution in [0.5, 0.6) is 0 Å². The predicted octanol–water partition coefficient (Wildman–Crippen LogP) is 3.51. The van der Waals surface area contributed by atoms with Crippen molar-refractivity contribution in [3.05, 3.63) is 48.0 Å². The van der Waals surface area contributed by atoms with Crippen LogP contribution in [-0.2, 0) is 21.2 Å². The van der Waals surface area contributed by atoms with Crippen LogP contribution in [0, 0.1) is 0 Å². The highest BCUT2D eigenvalue weighted by Gasteiger charge is 2.23. The number of thioether (sulfide) groups is 1. The van der Waals surface area contributed by atoms with E-state index >= 15 is 0 Å². The third-order valence-corrected chi connectivity index (χ3v) is 6.37. The van der Waals surface area contributed by atoms with Crippen LogP contribution in [0.25, 0.3) is 0 Å². The summed E-state index contributed by atoms with van der Waals surface area (Å²) in [6.45, 7) is 2.20. The molecule has 0 saturated carbocycles. The van der Waals surface area contributed by atoms with Crippen LogP contribution in [-0.4, -0.2) is 27.1 Å². The quantitative estimate of drug-likeness (QED) is 0.830. The molecule has 1 aliphatic rings. The molecular weight excluding hydrogens is 356 g/mol. The summed E-state index contributed by atoms with van der Waals surface area (Å²) in [4.78, 5) is 14.5. The number of amides is 1. The van der Waals surface area contributed by atoms with Crippen molar-refractivity contribution in [2.24, 2.45) is 0 Å². The lowest BCUT2D eigenvalue weighted by Crippen LogP contribution is -2.33. The number of para-hydroxylation sites is 1. The molecule has 0 fully saturated rings. The third-order valence-electron chi connectivity index (χ3n) is 4.21. The molecule has 7 heteroatoms. The topological polar surface area (TPSA) is 66.5 Å². The first-order chi connectivity index (χ1) is 11.9. The van der Waals surface area contributed by atoms with Crippen molar-refractivity contribution in [3.8, 4) is 0 Å². The molecule has 2 aromatic carbocycles. The second-order valence-electron chi connectivity index (χ2n) is 5.87. The van der Waals surface area contributed by atoms with Crippen molar-refractivity contribution in [1.82, 2.24) is 0 Å². The first-order valence-corrected chi connectivity index (χ1v) is 10.7. The van der Waals surface area contributed by atoms with E-state index in [2.05, 4.69) is 4.72 Å². The van der Waals surface area contributed by atoms with E-state index in [1.165, 1.54) is 18.7 Å². The molecule has 0 bridgehead atoms. The van der Waals surface area contributed by atoms with Gasteiger partial charge in [-0.2, -0.15) is 0 Å². The zero-order valence-electron chi connectivity index (χ0n) is 14.2. The lowest BCUT2D eigenvalue weighted by molar-refractivity contribution is -0.116. The molecule has 0 saturated heterocycles. The van der Waals surface area contributed by atoms with Gasteiger partial charge in [0, 0.05) is 24.1 Å². The minimum absolute atomic E-state index is 0.0245. The van der Waals surface area contributed by atoms with Crippen molar-refractivity contribution >= 4 is 39.1 Å². The van der Waals surface area contributed by atoms with Crippen molar-refractivity contribution in [2.45, 2.75) is 29.6 Å². The number of benzene rings is 2. The SMILES string of the molecule is CSc1ccccc1NS(=O)(=O)c1ccc2c(c1)CCCN2C(C)=O. The first-order valence-electron chi connectivity index (χ1n) is 7.99. The Kier molecular flexibility index (Phi) is 5.06. The Labute approximate surface area is 152 Å². The monoisotopic (exact) mass is 376 g/mol. The zero-order valence-corrected chi connectivity index (χ0v) is 15.8. The van der Waals surface area contributed by atoms with Gasteiger partial charge >= 0.3 is 0 Å². The van der Waals surface area contributed by atoms with E-state index in [9.17, 15) is 13.2 Å². The minimum atomic E-state index is -3.68. The summed E-state index contributed by atoms with van der Waals surface area (Å²) in [6.07, 6.45) is 3.51. The smallest absolute Gasteiger partial charge is 0.261 e. The van der Waals surface area contributed by atoms with E-state index in [-0.39, 0.29) is 10.8 Å². The van der Waals surface area contributed by atoms with Crippen LogP contribution in [0.3, 0.4) is 0 Å². The molecule has 0 radical (unpaired) electrons. The lowest BCUT2D eigenvalue weighted by atomic mass is 10.0. The van der Waals surface area contributed by atoms with Gasteiger partial charge in [0.15, 0.2) is 0 Å². The van der Waals surface area contributed by atoms with Gasteiger partial charge in [-0.15, -0.1) is 11.8 Å². The van der Waals surface area contributed by atoms with Crippen molar-refractivity contribution in [3.63, 3.8) is 0 Å². The number of nitrogens with zero attached hydrogens (tertiary/aromatic N) is 1. The highest BCUT2D eigenvalue weighted by atomic mass is 32.2. The molecule has 25 heavy (non-hydrogen) atoms. The second kappa shape index (κ2) is 7.09. The number of hydrogen-bond acceptors (Lipinski definition) is 4. The van der Waals surface area contributed by atoms with Crippen LogP contribution >= 0.6 is 11.8 Å². The van der Waals surface area contributed by atoms with Gasteiger partial charge in [0.05, 0.1) is 10.6 Å². The number of nitrogens with one attached hydrogen (secondary N) is 1. The van der Waals surface area contributed by atoms with E-state index in [4.69, 9.17) is 0 Å². The molecule has 1 amide bonds. The average Bonchev–Trinajstić information content (AvgIpc) is 2.60. The molecule has 1 N–H and O–H groups in total. The second-order valence-corrected chi connectivity index (χ2v) is 8.40.